The van der Waals surface area contributed by atoms with Gasteiger partial charge in [-0.3, -0.25) is 4.79 Å². The summed E-state index contributed by atoms with van der Waals surface area (Å²) < 4.78 is 14.2. The summed E-state index contributed by atoms with van der Waals surface area (Å²) in [6, 6.07) is 14.5. The van der Waals surface area contributed by atoms with Crippen molar-refractivity contribution in [2.75, 3.05) is 12.3 Å². The fraction of sp³-hybridized carbons (Fsp3) is 0.300. The van der Waals surface area contributed by atoms with Crippen molar-refractivity contribution in [2.45, 2.75) is 25.3 Å². The second kappa shape index (κ2) is 8.10. The van der Waals surface area contributed by atoms with Gasteiger partial charge in [0.2, 0.25) is 11.7 Å². The first-order valence-corrected chi connectivity index (χ1v) is 10.2. The van der Waals surface area contributed by atoms with E-state index in [1.54, 1.807) is 34.9 Å². The maximum Gasteiger partial charge on any atom is 0.247 e. The molecule has 2 heterocycles. The number of tetrazole rings is 1. The van der Waals surface area contributed by atoms with Gasteiger partial charge in [0.25, 0.3) is 0 Å². The summed E-state index contributed by atoms with van der Waals surface area (Å²) in [6.07, 6.45) is 0.964. The van der Waals surface area contributed by atoms with Gasteiger partial charge in [0, 0.05) is 23.4 Å². The van der Waals surface area contributed by atoms with E-state index in [1.807, 2.05) is 24.3 Å². The second-order valence-electron chi connectivity index (χ2n) is 6.53. The molecule has 1 aliphatic heterocycles. The van der Waals surface area contributed by atoms with Gasteiger partial charge >= 0.3 is 0 Å². The molecule has 4 rings (SSSR count). The van der Waals surface area contributed by atoms with Gasteiger partial charge in [-0.15, -0.1) is 22.0 Å². The first-order chi connectivity index (χ1) is 13.7. The van der Waals surface area contributed by atoms with Crippen molar-refractivity contribution >= 4 is 17.7 Å². The van der Waals surface area contributed by atoms with E-state index in [9.17, 15) is 9.18 Å². The number of rotatable bonds is 5. The van der Waals surface area contributed by atoms with Crippen LogP contribution in [0.15, 0.2) is 48.5 Å². The molecule has 0 unspecified atom stereocenters. The molecule has 3 aromatic rings. The number of aromatic nitrogens is 4. The van der Waals surface area contributed by atoms with Crippen molar-refractivity contribution in [3.05, 3.63) is 65.5 Å². The number of benzene rings is 2. The molecular formula is C20H20FN5OS. The van der Waals surface area contributed by atoms with Crippen molar-refractivity contribution in [3.8, 4) is 11.4 Å². The summed E-state index contributed by atoms with van der Waals surface area (Å²) in [4.78, 5) is 15.8. The van der Waals surface area contributed by atoms with E-state index < -0.39 is 0 Å². The van der Waals surface area contributed by atoms with Crippen LogP contribution in [0.1, 0.15) is 23.4 Å². The quantitative estimate of drug-likeness (QED) is 0.661. The highest BCUT2D eigenvalue weighted by atomic mass is 32.2. The molecule has 6 nitrogen and oxygen atoms in total. The number of nitrogens with zero attached hydrogens (tertiary/aromatic N) is 5. The van der Waals surface area contributed by atoms with E-state index in [2.05, 4.69) is 22.3 Å². The number of carbonyl (C=O) groups is 1. The Morgan fingerprint density at radius 1 is 1.21 bits per heavy atom. The minimum Gasteiger partial charge on any atom is -0.324 e. The first kappa shape index (κ1) is 18.6. The lowest BCUT2D eigenvalue weighted by atomic mass is 10.1. The van der Waals surface area contributed by atoms with Gasteiger partial charge in [-0.25, -0.2) is 4.39 Å². The molecule has 0 aliphatic carbocycles. The Morgan fingerprint density at radius 3 is 2.75 bits per heavy atom. The third-order valence-corrected chi connectivity index (χ3v) is 5.97. The maximum atomic E-state index is 14.2. The number of carbonyl (C=O) groups excluding carboxylic acids is 1. The van der Waals surface area contributed by atoms with Gasteiger partial charge in [-0.05, 0) is 23.3 Å². The monoisotopic (exact) mass is 397 g/mol. The van der Waals surface area contributed by atoms with Crippen LogP contribution in [0.3, 0.4) is 0 Å². The summed E-state index contributed by atoms with van der Waals surface area (Å²) in [7, 11) is 0. The lowest BCUT2D eigenvalue weighted by molar-refractivity contribution is -0.132. The van der Waals surface area contributed by atoms with Crippen molar-refractivity contribution in [2.24, 2.45) is 0 Å². The van der Waals surface area contributed by atoms with E-state index in [0.717, 1.165) is 17.7 Å². The van der Waals surface area contributed by atoms with E-state index in [0.29, 0.717) is 17.9 Å². The van der Waals surface area contributed by atoms with E-state index >= 15 is 0 Å². The standard InChI is InChI=1S/C20H20FN5OS/c1-2-14-7-9-15(10-8-14)19-22-24-26(23-19)13-18(27)25-11-12-28-20(25)16-5-3-4-6-17(16)21/h3-10,20H,2,11-13H2,1H3/t20-/m0/s1. The van der Waals surface area contributed by atoms with E-state index in [-0.39, 0.29) is 23.6 Å². The van der Waals surface area contributed by atoms with Crippen molar-refractivity contribution in [1.29, 1.82) is 0 Å². The number of halogens is 1. The van der Waals surface area contributed by atoms with E-state index in [4.69, 9.17) is 0 Å². The predicted octanol–water partition coefficient (Wildman–Crippen LogP) is 3.32. The normalized spacial score (nSPS) is 16.5. The molecule has 28 heavy (non-hydrogen) atoms. The highest BCUT2D eigenvalue weighted by Crippen LogP contribution is 2.39. The van der Waals surface area contributed by atoms with E-state index in [1.165, 1.54) is 16.4 Å². The fourth-order valence-electron chi connectivity index (χ4n) is 3.19. The Hall–Kier alpha value is -2.74. The number of hydrogen-bond donors (Lipinski definition) is 0. The Labute approximate surface area is 166 Å². The molecule has 1 aliphatic rings. The third kappa shape index (κ3) is 3.77. The largest absolute Gasteiger partial charge is 0.324 e. The molecule has 1 saturated heterocycles. The van der Waals surface area contributed by atoms with Gasteiger partial charge < -0.3 is 4.90 Å². The predicted molar refractivity (Wildman–Crippen MR) is 106 cm³/mol. The molecule has 1 aromatic heterocycles. The Kier molecular flexibility index (Phi) is 5.38. The zero-order valence-corrected chi connectivity index (χ0v) is 16.3. The van der Waals surface area contributed by atoms with Gasteiger partial charge in [-0.2, -0.15) is 4.80 Å². The molecule has 0 N–H and O–H groups in total. The van der Waals surface area contributed by atoms with Crippen LogP contribution in [0.5, 0.6) is 0 Å². The Bertz CT molecular complexity index is 975. The van der Waals surface area contributed by atoms with Crippen LogP contribution < -0.4 is 0 Å². The topological polar surface area (TPSA) is 63.9 Å². The van der Waals surface area contributed by atoms with Crippen LogP contribution in [0.2, 0.25) is 0 Å². The average Bonchev–Trinajstić information content (AvgIpc) is 3.38. The van der Waals surface area contributed by atoms with Crippen molar-refractivity contribution in [3.63, 3.8) is 0 Å². The Morgan fingerprint density at radius 2 is 2.00 bits per heavy atom. The zero-order chi connectivity index (χ0) is 19.5. The maximum absolute atomic E-state index is 14.2. The SMILES string of the molecule is CCc1ccc(-c2nnn(CC(=O)N3CCS[C@H]3c3ccccc3F)n2)cc1. The van der Waals surface area contributed by atoms with Crippen molar-refractivity contribution in [1.82, 2.24) is 25.1 Å². The van der Waals surface area contributed by atoms with Gasteiger partial charge in [0.05, 0.1) is 0 Å². The highest BCUT2D eigenvalue weighted by Gasteiger charge is 2.32. The lowest BCUT2D eigenvalue weighted by Gasteiger charge is -2.24. The van der Waals surface area contributed by atoms with Crippen LogP contribution in [-0.4, -0.2) is 43.3 Å². The van der Waals surface area contributed by atoms with Gasteiger partial charge in [0.15, 0.2) is 0 Å². The molecule has 0 spiro atoms. The molecular weight excluding hydrogens is 377 g/mol. The molecule has 1 atom stereocenters. The highest BCUT2D eigenvalue weighted by molar-refractivity contribution is 7.99. The molecule has 144 valence electrons. The average molecular weight is 397 g/mol. The third-order valence-electron chi connectivity index (χ3n) is 4.73. The second-order valence-corrected chi connectivity index (χ2v) is 7.71. The summed E-state index contributed by atoms with van der Waals surface area (Å²) >= 11 is 1.56. The summed E-state index contributed by atoms with van der Waals surface area (Å²) in [5.74, 6) is 0.807. The number of amides is 1. The lowest BCUT2D eigenvalue weighted by Crippen LogP contribution is -2.34. The van der Waals surface area contributed by atoms with Gasteiger partial charge in [0.1, 0.15) is 17.7 Å². The molecule has 2 aromatic carbocycles. The molecule has 0 saturated carbocycles. The Balaban J connectivity index is 1.47. The number of hydrogen-bond acceptors (Lipinski definition) is 5. The smallest absolute Gasteiger partial charge is 0.247 e. The molecule has 1 amide bonds. The molecule has 0 bridgehead atoms. The van der Waals surface area contributed by atoms with Crippen LogP contribution in [-0.2, 0) is 17.8 Å². The summed E-state index contributed by atoms with van der Waals surface area (Å²) in [5.41, 5.74) is 2.62. The minimum absolute atomic E-state index is 0.0223. The molecule has 1 fully saturated rings. The fourth-order valence-corrected chi connectivity index (χ4v) is 4.48. The first-order valence-electron chi connectivity index (χ1n) is 9.18. The number of thioether (sulfide) groups is 1. The van der Waals surface area contributed by atoms with Gasteiger partial charge in [-0.1, -0.05) is 49.4 Å². The van der Waals surface area contributed by atoms with Crippen LogP contribution >= 0.6 is 11.8 Å². The minimum atomic E-state index is -0.321. The van der Waals surface area contributed by atoms with Crippen LogP contribution in [0.4, 0.5) is 4.39 Å². The molecule has 0 radical (unpaired) electrons. The van der Waals surface area contributed by atoms with Crippen LogP contribution in [0, 0.1) is 5.82 Å². The number of aryl methyl sites for hydroxylation is 1. The summed E-state index contributed by atoms with van der Waals surface area (Å²) in [5, 5.41) is 12.1. The summed E-state index contributed by atoms with van der Waals surface area (Å²) in [6.45, 7) is 2.65. The molecule has 8 heteroatoms. The van der Waals surface area contributed by atoms with Crippen LogP contribution in [0.25, 0.3) is 11.4 Å². The van der Waals surface area contributed by atoms with Crippen molar-refractivity contribution < 1.29 is 9.18 Å². The zero-order valence-electron chi connectivity index (χ0n) is 15.5.